The van der Waals surface area contributed by atoms with E-state index in [1.165, 1.54) is 40.6 Å². The third-order valence-electron chi connectivity index (χ3n) is 3.72. The first-order valence-corrected chi connectivity index (χ1v) is 7.27. The highest BCUT2D eigenvalue weighted by molar-refractivity contribution is 5.56. The van der Waals surface area contributed by atoms with E-state index in [2.05, 4.69) is 0 Å². The van der Waals surface area contributed by atoms with Crippen LogP contribution in [0, 0.1) is 10.1 Å². The van der Waals surface area contributed by atoms with Crippen molar-refractivity contribution in [2.75, 3.05) is 28.4 Å². The van der Waals surface area contributed by atoms with Crippen molar-refractivity contribution in [2.45, 2.75) is 6.10 Å². The Morgan fingerprint density at radius 1 is 0.880 bits per heavy atom. The van der Waals surface area contributed by atoms with E-state index in [-0.39, 0.29) is 11.4 Å². The minimum absolute atomic E-state index is 0.117. The zero-order valence-electron chi connectivity index (χ0n) is 14.3. The van der Waals surface area contributed by atoms with Gasteiger partial charge in [-0.1, -0.05) is 6.07 Å². The smallest absolute Gasteiger partial charge is 0.311 e. The van der Waals surface area contributed by atoms with Gasteiger partial charge in [0.2, 0.25) is 5.75 Å². The van der Waals surface area contributed by atoms with Crippen LogP contribution in [-0.2, 0) is 0 Å². The lowest BCUT2D eigenvalue weighted by molar-refractivity contribution is -0.385. The topological polar surface area (TPSA) is 100 Å². The quantitative estimate of drug-likeness (QED) is 0.606. The largest absolute Gasteiger partial charge is 0.493 e. The van der Waals surface area contributed by atoms with Gasteiger partial charge in [0.1, 0.15) is 6.10 Å². The van der Waals surface area contributed by atoms with Crippen molar-refractivity contribution in [3.05, 3.63) is 51.6 Å². The molecule has 2 aromatic carbocycles. The molecular formula is C17H19NO7. The SMILES string of the molecule is COc1ccc([C@H](O)c2cc(OC)c(OC)c(OC)c2)cc1[N+](=O)[O-]. The summed E-state index contributed by atoms with van der Waals surface area (Å²) in [5, 5.41) is 21.8. The van der Waals surface area contributed by atoms with E-state index < -0.39 is 11.0 Å². The first-order chi connectivity index (χ1) is 12.0. The van der Waals surface area contributed by atoms with Crippen molar-refractivity contribution in [1.82, 2.24) is 0 Å². The summed E-state index contributed by atoms with van der Waals surface area (Å²) in [4.78, 5) is 10.6. The highest BCUT2D eigenvalue weighted by Crippen LogP contribution is 2.41. The molecule has 2 rings (SSSR count). The standard InChI is InChI=1S/C17H19NO7/c1-22-13-6-5-10(7-12(13)18(20)21)16(19)11-8-14(23-2)17(25-4)15(9-11)24-3/h5-9,16,19H,1-4H3/t16-/m0/s1. The Labute approximate surface area is 144 Å². The Morgan fingerprint density at radius 2 is 1.44 bits per heavy atom. The second-order valence-electron chi connectivity index (χ2n) is 5.05. The van der Waals surface area contributed by atoms with Crippen LogP contribution in [0.2, 0.25) is 0 Å². The number of hydrogen-bond donors (Lipinski definition) is 1. The van der Waals surface area contributed by atoms with Crippen LogP contribution in [-0.4, -0.2) is 38.5 Å². The van der Waals surface area contributed by atoms with Crippen LogP contribution in [0.15, 0.2) is 30.3 Å². The highest BCUT2D eigenvalue weighted by Gasteiger charge is 2.22. The summed E-state index contributed by atoms with van der Waals surface area (Å²) in [6.07, 6.45) is -1.13. The second kappa shape index (κ2) is 7.71. The predicted octanol–water partition coefficient (Wildman–Crippen LogP) is 2.71. The van der Waals surface area contributed by atoms with Gasteiger partial charge in [0.05, 0.1) is 33.4 Å². The maximum absolute atomic E-state index is 11.2. The predicted molar refractivity (Wildman–Crippen MR) is 89.8 cm³/mol. The van der Waals surface area contributed by atoms with Crippen molar-refractivity contribution < 1.29 is 29.0 Å². The van der Waals surface area contributed by atoms with E-state index in [1.54, 1.807) is 18.2 Å². The summed E-state index contributed by atoms with van der Waals surface area (Å²) in [5.41, 5.74) is 0.544. The number of nitro groups is 1. The molecule has 0 heterocycles. The van der Waals surface area contributed by atoms with Crippen molar-refractivity contribution in [1.29, 1.82) is 0 Å². The molecule has 8 heteroatoms. The molecule has 0 aliphatic carbocycles. The fourth-order valence-electron chi connectivity index (χ4n) is 2.47. The number of methoxy groups -OCH3 is 4. The van der Waals surface area contributed by atoms with Gasteiger partial charge in [0.15, 0.2) is 17.2 Å². The number of nitrogens with zero attached hydrogens (tertiary/aromatic N) is 1. The number of aliphatic hydroxyl groups is 1. The van der Waals surface area contributed by atoms with E-state index in [9.17, 15) is 15.2 Å². The van der Waals surface area contributed by atoms with Crippen LogP contribution in [0.25, 0.3) is 0 Å². The molecule has 1 atom stereocenters. The van der Waals surface area contributed by atoms with Gasteiger partial charge in [-0.15, -0.1) is 0 Å². The van der Waals surface area contributed by atoms with Gasteiger partial charge < -0.3 is 24.1 Å². The van der Waals surface area contributed by atoms with Crippen LogP contribution in [0.1, 0.15) is 17.2 Å². The van der Waals surface area contributed by atoms with Crippen molar-refractivity contribution >= 4 is 5.69 Å². The summed E-state index contributed by atoms with van der Waals surface area (Å²) >= 11 is 0. The highest BCUT2D eigenvalue weighted by atomic mass is 16.6. The number of benzene rings is 2. The lowest BCUT2D eigenvalue weighted by Crippen LogP contribution is -2.04. The summed E-state index contributed by atoms with van der Waals surface area (Å²) in [7, 11) is 5.75. The molecule has 0 amide bonds. The average Bonchev–Trinajstić information content (AvgIpc) is 2.65. The van der Waals surface area contributed by atoms with E-state index in [1.807, 2.05) is 0 Å². The summed E-state index contributed by atoms with van der Waals surface area (Å²) < 4.78 is 20.7. The van der Waals surface area contributed by atoms with Gasteiger partial charge in [0.25, 0.3) is 0 Å². The van der Waals surface area contributed by atoms with Gasteiger partial charge >= 0.3 is 5.69 Å². The molecule has 0 saturated heterocycles. The maximum Gasteiger partial charge on any atom is 0.311 e. The number of nitro benzene ring substituents is 1. The van der Waals surface area contributed by atoms with E-state index in [0.29, 0.717) is 28.4 Å². The summed E-state index contributed by atoms with van der Waals surface area (Å²) in [6, 6.07) is 7.44. The molecule has 1 N–H and O–H groups in total. The van der Waals surface area contributed by atoms with Crippen molar-refractivity contribution in [3.63, 3.8) is 0 Å². The molecule has 0 aromatic heterocycles. The van der Waals surface area contributed by atoms with Crippen LogP contribution >= 0.6 is 0 Å². The van der Waals surface area contributed by atoms with Crippen LogP contribution in [0.5, 0.6) is 23.0 Å². The number of ether oxygens (including phenoxy) is 4. The minimum Gasteiger partial charge on any atom is -0.493 e. The molecule has 0 spiro atoms. The molecule has 8 nitrogen and oxygen atoms in total. The fourth-order valence-corrected chi connectivity index (χ4v) is 2.47. The molecule has 25 heavy (non-hydrogen) atoms. The van der Waals surface area contributed by atoms with Gasteiger partial charge in [0, 0.05) is 6.07 Å². The number of rotatable bonds is 7. The molecule has 0 aliphatic rings. The number of aliphatic hydroxyl groups excluding tert-OH is 1. The first-order valence-electron chi connectivity index (χ1n) is 7.27. The summed E-state index contributed by atoms with van der Waals surface area (Å²) in [6.45, 7) is 0. The van der Waals surface area contributed by atoms with Gasteiger partial charge in [-0.25, -0.2) is 0 Å². The van der Waals surface area contributed by atoms with Crippen LogP contribution in [0.4, 0.5) is 5.69 Å². The fraction of sp³-hybridized carbons (Fsp3) is 0.294. The van der Waals surface area contributed by atoms with Gasteiger partial charge in [-0.2, -0.15) is 0 Å². The second-order valence-corrected chi connectivity index (χ2v) is 5.05. The molecular weight excluding hydrogens is 330 g/mol. The molecule has 0 saturated carbocycles. The molecule has 0 fully saturated rings. The van der Waals surface area contributed by atoms with Gasteiger partial charge in [-0.05, 0) is 29.3 Å². The molecule has 2 aromatic rings. The van der Waals surface area contributed by atoms with E-state index in [4.69, 9.17) is 18.9 Å². The van der Waals surface area contributed by atoms with Crippen LogP contribution < -0.4 is 18.9 Å². The Hall–Kier alpha value is -3.00. The lowest BCUT2D eigenvalue weighted by atomic mass is 10.00. The third-order valence-corrected chi connectivity index (χ3v) is 3.72. The molecule has 0 bridgehead atoms. The van der Waals surface area contributed by atoms with Crippen molar-refractivity contribution in [2.24, 2.45) is 0 Å². The van der Waals surface area contributed by atoms with Crippen molar-refractivity contribution in [3.8, 4) is 23.0 Å². The maximum atomic E-state index is 11.2. The van der Waals surface area contributed by atoms with E-state index >= 15 is 0 Å². The zero-order chi connectivity index (χ0) is 18.6. The molecule has 0 aliphatic heterocycles. The normalized spacial score (nSPS) is 11.6. The van der Waals surface area contributed by atoms with Gasteiger partial charge in [-0.3, -0.25) is 10.1 Å². The Balaban J connectivity index is 2.52. The summed E-state index contributed by atoms with van der Waals surface area (Å²) in [5.74, 6) is 1.25. The lowest BCUT2D eigenvalue weighted by Gasteiger charge is -2.17. The molecule has 0 unspecified atom stereocenters. The minimum atomic E-state index is -1.13. The monoisotopic (exact) mass is 349 g/mol. The zero-order valence-corrected chi connectivity index (χ0v) is 14.3. The first kappa shape index (κ1) is 18.3. The Kier molecular flexibility index (Phi) is 5.66. The Bertz CT molecular complexity index is 751. The average molecular weight is 349 g/mol. The van der Waals surface area contributed by atoms with Crippen LogP contribution in [0.3, 0.4) is 0 Å². The number of hydrogen-bond acceptors (Lipinski definition) is 7. The van der Waals surface area contributed by atoms with E-state index in [0.717, 1.165) is 0 Å². The Morgan fingerprint density at radius 3 is 1.88 bits per heavy atom. The molecule has 134 valence electrons. The molecule has 0 radical (unpaired) electrons. The third kappa shape index (κ3) is 3.58.